The maximum atomic E-state index is 13.2. The van der Waals surface area contributed by atoms with Gasteiger partial charge in [0.15, 0.2) is 0 Å². The molecule has 0 saturated heterocycles. The molecule has 1 heterocycles. The molecular formula is C21H21FN4O3S. The van der Waals surface area contributed by atoms with Crippen LogP contribution in [0.2, 0.25) is 0 Å². The lowest BCUT2D eigenvalue weighted by molar-refractivity contribution is -0.121. The molecule has 0 aliphatic heterocycles. The number of aryl methyl sites for hydroxylation is 1. The fraction of sp³-hybridized carbons (Fsp3) is 0.238. The first-order valence-electron chi connectivity index (χ1n) is 9.32. The Labute approximate surface area is 177 Å². The zero-order chi connectivity index (χ0) is 21.3. The van der Waals surface area contributed by atoms with Crippen LogP contribution in [0.15, 0.2) is 48.5 Å². The highest BCUT2D eigenvalue weighted by Gasteiger charge is 2.14. The van der Waals surface area contributed by atoms with Gasteiger partial charge in [0.25, 0.3) is 5.91 Å². The monoisotopic (exact) mass is 428 g/mol. The Hall–Kier alpha value is -3.33. The third-order valence-electron chi connectivity index (χ3n) is 4.16. The molecular weight excluding hydrogens is 407 g/mol. The summed E-state index contributed by atoms with van der Waals surface area (Å²) in [5.41, 5.74) is 1.31. The Morgan fingerprint density at radius 3 is 2.77 bits per heavy atom. The summed E-state index contributed by atoms with van der Waals surface area (Å²) in [6.45, 7) is 0.430. The van der Waals surface area contributed by atoms with Crippen molar-refractivity contribution in [2.24, 2.45) is 0 Å². The van der Waals surface area contributed by atoms with Gasteiger partial charge in [-0.3, -0.25) is 9.59 Å². The fourth-order valence-corrected chi connectivity index (χ4v) is 3.45. The molecule has 7 nitrogen and oxygen atoms in total. The van der Waals surface area contributed by atoms with Crippen molar-refractivity contribution in [3.8, 4) is 5.75 Å². The Balaban J connectivity index is 1.41. The van der Waals surface area contributed by atoms with Crippen LogP contribution in [-0.2, 0) is 17.8 Å². The summed E-state index contributed by atoms with van der Waals surface area (Å²) in [4.78, 5) is 24.2. The molecule has 0 bridgehead atoms. The van der Waals surface area contributed by atoms with E-state index < -0.39 is 11.7 Å². The average molecular weight is 428 g/mol. The Bertz CT molecular complexity index is 1020. The highest BCUT2D eigenvalue weighted by molar-refractivity contribution is 7.13. The number of anilines is 1. The molecule has 9 heteroatoms. The van der Waals surface area contributed by atoms with E-state index in [2.05, 4.69) is 20.8 Å². The van der Waals surface area contributed by atoms with Gasteiger partial charge in [0, 0.05) is 25.1 Å². The minimum Gasteiger partial charge on any atom is -0.497 e. The van der Waals surface area contributed by atoms with Gasteiger partial charge in [-0.2, -0.15) is 0 Å². The highest BCUT2D eigenvalue weighted by Crippen LogP contribution is 2.16. The second-order valence-corrected chi connectivity index (χ2v) is 7.51. The Morgan fingerprint density at radius 1 is 1.13 bits per heavy atom. The lowest BCUT2D eigenvalue weighted by Gasteiger charge is -2.06. The van der Waals surface area contributed by atoms with Gasteiger partial charge in [-0.05, 0) is 42.3 Å². The molecule has 0 aliphatic rings. The molecule has 0 spiro atoms. The number of carbonyl (C=O) groups excluding carboxylic acids is 2. The number of rotatable bonds is 9. The third kappa shape index (κ3) is 6.35. The molecule has 2 aromatic carbocycles. The van der Waals surface area contributed by atoms with E-state index in [0.29, 0.717) is 36.5 Å². The molecule has 156 valence electrons. The molecule has 2 N–H and O–H groups in total. The van der Waals surface area contributed by atoms with Gasteiger partial charge >= 0.3 is 0 Å². The van der Waals surface area contributed by atoms with Crippen molar-refractivity contribution in [2.45, 2.75) is 25.8 Å². The molecule has 2 amide bonds. The van der Waals surface area contributed by atoms with Gasteiger partial charge in [0.05, 0.1) is 7.11 Å². The van der Waals surface area contributed by atoms with Gasteiger partial charge < -0.3 is 15.4 Å². The van der Waals surface area contributed by atoms with Crippen LogP contribution in [0.5, 0.6) is 5.75 Å². The Kier molecular flexibility index (Phi) is 7.45. The zero-order valence-corrected chi connectivity index (χ0v) is 17.2. The van der Waals surface area contributed by atoms with Crippen molar-refractivity contribution < 1.29 is 18.7 Å². The minimum atomic E-state index is -0.444. The van der Waals surface area contributed by atoms with E-state index in [9.17, 15) is 14.0 Å². The number of benzene rings is 2. The molecule has 0 aliphatic carbocycles. The van der Waals surface area contributed by atoms with Crippen molar-refractivity contribution in [2.75, 3.05) is 12.4 Å². The van der Waals surface area contributed by atoms with Gasteiger partial charge in [-0.25, -0.2) is 4.39 Å². The van der Waals surface area contributed by atoms with Gasteiger partial charge in [-0.15, -0.1) is 10.2 Å². The lowest BCUT2D eigenvalue weighted by atomic mass is 10.2. The van der Waals surface area contributed by atoms with E-state index in [-0.39, 0.29) is 10.9 Å². The molecule has 1 aromatic heterocycles. The van der Waals surface area contributed by atoms with E-state index >= 15 is 0 Å². The number of ether oxygens (including phenoxy) is 1. The maximum Gasteiger partial charge on any atom is 0.286 e. The molecule has 0 radical (unpaired) electrons. The lowest BCUT2D eigenvalue weighted by Crippen LogP contribution is -2.22. The first-order valence-corrected chi connectivity index (χ1v) is 10.1. The van der Waals surface area contributed by atoms with Gasteiger partial charge in [-0.1, -0.05) is 29.5 Å². The second-order valence-electron chi connectivity index (χ2n) is 6.45. The number of hydrogen-bond donors (Lipinski definition) is 2. The zero-order valence-electron chi connectivity index (χ0n) is 16.4. The number of aromatic nitrogens is 2. The van der Waals surface area contributed by atoms with Crippen LogP contribution >= 0.6 is 11.3 Å². The topological polar surface area (TPSA) is 93.2 Å². The third-order valence-corrected chi connectivity index (χ3v) is 5.14. The second kappa shape index (κ2) is 10.4. The summed E-state index contributed by atoms with van der Waals surface area (Å²) in [6, 6.07) is 13.1. The summed E-state index contributed by atoms with van der Waals surface area (Å²) in [5, 5.41) is 14.2. The molecule has 0 unspecified atom stereocenters. The summed E-state index contributed by atoms with van der Waals surface area (Å²) >= 11 is 1.16. The van der Waals surface area contributed by atoms with Crippen molar-refractivity contribution in [3.63, 3.8) is 0 Å². The normalized spacial score (nSPS) is 10.5. The van der Waals surface area contributed by atoms with Crippen LogP contribution in [0.1, 0.15) is 33.2 Å². The van der Waals surface area contributed by atoms with Gasteiger partial charge in [0.2, 0.25) is 10.9 Å². The summed E-state index contributed by atoms with van der Waals surface area (Å²) < 4.78 is 18.4. The van der Waals surface area contributed by atoms with E-state index in [1.165, 1.54) is 18.2 Å². The molecule has 3 rings (SSSR count). The van der Waals surface area contributed by atoms with Crippen LogP contribution in [0.4, 0.5) is 10.1 Å². The number of nitrogens with one attached hydrogen (secondary N) is 2. The first kappa shape index (κ1) is 21.4. The first-order chi connectivity index (χ1) is 14.5. The number of nitrogens with zero attached hydrogens (tertiary/aromatic N) is 2. The van der Waals surface area contributed by atoms with Crippen LogP contribution < -0.4 is 15.4 Å². The SMILES string of the molecule is COc1cccc(CNC(=O)CCCc2nnc(C(=O)Nc3cccc(F)c3)s2)c1. The molecule has 0 saturated carbocycles. The molecule has 0 atom stereocenters. The molecule has 3 aromatic rings. The van der Waals surface area contributed by atoms with Crippen molar-refractivity contribution in [3.05, 3.63) is 69.9 Å². The van der Waals surface area contributed by atoms with E-state index in [0.717, 1.165) is 22.6 Å². The summed E-state index contributed by atoms with van der Waals surface area (Å²) in [6.07, 6.45) is 1.47. The number of carbonyl (C=O) groups is 2. The average Bonchev–Trinajstić information content (AvgIpc) is 3.21. The number of amides is 2. The van der Waals surface area contributed by atoms with Crippen molar-refractivity contribution in [1.82, 2.24) is 15.5 Å². The fourth-order valence-electron chi connectivity index (χ4n) is 2.67. The van der Waals surface area contributed by atoms with Crippen LogP contribution in [0.25, 0.3) is 0 Å². The smallest absolute Gasteiger partial charge is 0.286 e. The number of hydrogen-bond acceptors (Lipinski definition) is 6. The van der Waals surface area contributed by atoms with E-state index in [1.54, 1.807) is 13.2 Å². The van der Waals surface area contributed by atoms with Crippen molar-refractivity contribution in [1.29, 1.82) is 0 Å². The molecule has 30 heavy (non-hydrogen) atoms. The van der Waals surface area contributed by atoms with Gasteiger partial charge in [0.1, 0.15) is 16.6 Å². The number of methoxy groups -OCH3 is 1. The predicted octanol–water partition coefficient (Wildman–Crippen LogP) is 3.58. The molecule has 0 fully saturated rings. The standard InChI is InChI=1S/C21H21FN4O3S/c1-29-17-8-2-5-14(11-17)13-23-18(27)9-4-10-19-25-26-21(30-19)20(28)24-16-7-3-6-15(22)12-16/h2-3,5-8,11-12H,4,9-10,13H2,1H3,(H,23,27)(H,24,28). The van der Waals surface area contributed by atoms with Crippen LogP contribution in [-0.4, -0.2) is 29.1 Å². The van der Waals surface area contributed by atoms with Crippen LogP contribution in [0.3, 0.4) is 0 Å². The van der Waals surface area contributed by atoms with E-state index in [1.807, 2.05) is 24.3 Å². The van der Waals surface area contributed by atoms with E-state index in [4.69, 9.17) is 4.74 Å². The predicted molar refractivity (Wildman–Crippen MR) is 112 cm³/mol. The maximum absolute atomic E-state index is 13.2. The summed E-state index contributed by atoms with van der Waals surface area (Å²) in [5.74, 6) is -0.197. The summed E-state index contributed by atoms with van der Waals surface area (Å²) in [7, 11) is 1.60. The van der Waals surface area contributed by atoms with Crippen LogP contribution in [0, 0.1) is 5.82 Å². The number of halogens is 1. The highest BCUT2D eigenvalue weighted by atomic mass is 32.1. The largest absolute Gasteiger partial charge is 0.497 e. The minimum absolute atomic E-state index is 0.0635. The Morgan fingerprint density at radius 2 is 1.97 bits per heavy atom. The van der Waals surface area contributed by atoms with Crippen molar-refractivity contribution >= 4 is 28.8 Å². The quantitative estimate of drug-likeness (QED) is 0.543.